The number of aromatic nitrogens is 2. The highest BCUT2D eigenvalue weighted by atomic mass is 16.4. The molecule has 0 aromatic carbocycles. The van der Waals surface area contributed by atoms with E-state index >= 15 is 0 Å². The molecule has 3 N–H and O–H groups in total. The molecule has 100 valence electrons. The van der Waals surface area contributed by atoms with Crippen LogP contribution in [0, 0.1) is 12.3 Å². The number of hydrogen-bond acceptors (Lipinski definition) is 5. The van der Waals surface area contributed by atoms with E-state index in [-0.39, 0.29) is 23.6 Å². The van der Waals surface area contributed by atoms with Crippen LogP contribution in [-0.4, -0.2) is 38.8 Å². The molecule has 0 aliphatic heterocycles. The number of carbonyl (C=O) groups is 1. The molecule has 1 unspecified atom stereocenters. The van der Waals surface area contributed by atoms with E-state index in [1.54, 1.807) is 6.92 Å². The monoisotopic (exact) mass is 253 g/mol. The Balaban J connectivity index is 2.92. The number of aliphatic hydroxyl groups excluding tert-OH is 1. The topological polar surface area (TPSA) is 95.3 Å². The lowest BCUT2D eigenvalue weighted by atomic mass is 9.87. The summed E-state index contributed by atoms with van der Waals surface area (Å²) in [6.07, 6.45) is 1.27. The summed E-state index contributed by atoms with van der Waals surface area (Å²) in [5.74, 6) is -0.722. The molecule has 1 heterocycles. The van der Waals surface area contributed by atoms with Gasteiger partial charge >= 0.3 is 5.97 Å². The van der Waals surface area contributed by atoms with Gasteiger partial charge in [0.25, 0.3) is 0 Å². The molecule has 1 rings (SSSR count). The fraction of sp³-hybridized carbons (Fsp3) is 0.583. The van der Waals surface area contributed by atoms with Crippen LogP contribution in [0.3, 0.4) is 0 Å². The van der Waals surface area contributed by atoms with E-state index in [2.05, 4.69) is 15.3 Å². The molecule has 6 nitrogen and oxygen atoms in total. The third-order valence-electron chi connectivity index (χ3n) is 2.74. The van der Waals surface area contributed by atoms with Crippen molar-refractivity contribution in [1.82, 2.24) is 9.97 Å². The number of aliphatic hydroxyl groups is 1. The van der Waals surface area contributed by atoms with Crippen LogP contribution in [0.15, 0.2) is 6.20 Å². The molecule has 0 saturated carbocycles. The zero-order valence-corrected chi connectivity index (χ0v) is 11.1. The van der Waals surface area contributed by atoms with E-state index in [9.17, 15) is 9.90 Å². The van der Waals surface area contributed by atoms with Crippen molar-refractivity contribution in [2.24, 2.45) is 5.41 Å². The average molecular weight is 253 g/mol. The van der Waals surface area contributed by atoms with Gasteiger partial charge in [-0.3, -0.25) is 0 Å². The van der Waals surface area contributed by atoms with Crippen LogP contribution < -0.4 is 5.32 Å². The summed E-state index contributed by atoms with van der Waals surface area (Å²) < 4.78 is 0. The number of nitrogens with zero attached hydrogens (tertiary/aromatic N) is 2. The minimum Gasteiger partial charge on any atom is -0.478 e. The number of aromatic carboxylic acids is 1. The summed E-state index contributed by atoms with van der Waals surface area (Å²) in [5, 5.41) is 21.2. The average Bonchev–Trinajstić information content (AvgIpc) is 2.23. The number of rotatable bonds is 4. The molecule has 1 aromatic rings. The molecular formula is C12H19N3O3. The molecule has 6 heteroatoms. The largest absolute Gasteiger partial charge is 0.478 e. The Kier molecular flexibility index (Phi) is 4.24. The van der Waals surface area contributed by atoms with Crippen LogP contribution in [0.1, 0.15) is 36.8 Å². The van der Waals surface area contributed by atoms with Gasteiger partial charge in [-0.2, -0.15) is 0 Å². The first-order chi connectivity index (χ1) is 8.25. The van der Waals surface area contributed by atoms with Crippen LogP contribution in [0.5, 0.6) is 0 Å². The number of carboxylic acids is 1. The van der Waals surface area contributed by atoms with Gasteiger partial charge in [-0.25, -0.2) is 14.8 Å². The van der Waals surface area contributed by atoms with E-state index in [0.717, 1.165) is 0 Å². The molecule has 0 spiro atoms. The first kappa shape index (κ1) is 14.4. The van der Waals surface area contributed by atoms with Crippen molar-refractivity contribution in [2.45, 2.75) is 33.7 Å². The number of nitrogens with one attached hydrogen (secondary N) is 1. The minimum atomic E-state index is -1.05. The Morgan fingerprint density at radius 1 is 1.50 bits per heavy atom. The minimum absolute atomic E-state index is 0.0490. The van der Waals surface area contributed by atoms with E-state index < -0.39 is 5.97 Å². The maximum atomic E-state index is 10.8. The maximum Gasteiger partial charge on any atom is 0.339 e. The zero-order valence-electron chi connectivity index (χ0n) is 11.1. The molecule has 1 atom stereocenters. The Bertz CT molecular complexity index is 441. The smallest absolute Gasteiger partial charge is 0.339 e. The Hall–Kier alpha value is -1.69. The quantitative estimate of drug-likeness (QED) is 0.748. The lowest BCUT2D eigenvalue weighted by Gasteiger charge is -2.29. The highest BCUT2D eigenvalue weighted by Crippen LogP contribution is 2.21. The fourth-order valence-corrected chi connectivity index (χ4v) is 1.44. The Morgan fingerprint density at radius 2 is 2.11 bits per heavy atom. The number of anilines is 1. The highest BCUT2D eigenvalue weighted by molar-refractivity contribution is 5.88. The van der Waals surface area contributed by atoms with Crippen molar-refractivity contribution in [2.75, 3.05) is 11.9 Å². The molecular weight excluding hydrogens is 234 g/mol. The van der Waals surface area contributed by atoms with Crippen LogP contribution >= 0.6 is 0 Å². The number of hydrogen-bond donors (Lipinski definition) is 3. The lowest BCUT2D eigenvalue weighted by molar-refractivity contribution is 0.0695. The first-order valence-electron chi connectivity index (χ1n) is 5.70. The van der Waals surface area contributed by atoms with E-state index in [1.165, 1.54) is 6.20 Å². The van der Waals surface area contributed by atoms with Crippen molar-refractivity contribution >= 4 is 11.9 Å². The molecule has 0 saturated heterocycles. The SMILES string of the molecule is Cc1nc(NC(CO)C(C)(C)C)ncc1C(=O)O. The predicted molar refractivity (Wildman–Crippen MR) is 67.7 cm³/mol. The van der Waals surface area contributed by atoms with E-state index in [4.69, 9.17) is 5.11 Å². The zero-order chi connectivity index (χ0) is 13.9. The van der Waals surface area contributed by atoms with E-state index in [1.807, 2.05) is 20.8 Å². The Morgan fingerprint density at radius 3 is 2.50 bits per heavy atom. The molecule has 1 aromatic heterocycles. The summed E-state index contributed by atoms with van der Waals surface area (Å²) in [7, 11) is 0. The number of carboxylic acid groups (broad SMARTS) is 1. The standard InChI is InChI=1S/C12H19N3O3/c1-7-8(10(17)18)5-13-11(14-7)15-9(6-16)12(2,3)4/h5,9,16H,6H2,1-4H3,(H,17,18)(H,13,14,15). The van der Waals surface area contributed by atoms with Crippen molar-refractivity contribution < 1.29 is 15.0 Å². The van der Waals surface area contributed by atoms with Gasteiger partial charge in [0.2, 0.25) is 5.95 Å². The lowest BCUT2D eigenvalue weighted by Crippen LogP contribution is -2.37. The summed E-state index contributed by atoms with van der Waals surface area (Å²) in [6.45, 7) is 7.52. The summed E-state index contributed by atoms with van der Waals surface area (Å²) >= 11 is 0. The van der Waals surface area contributed by atoms with Crippen molar-refractivity contribution in [3.05, 3.63) is 17.5 Å². The van der Waals surface area contributed by atoms with Gasteiger partial charge in [0.05, 0.1) is 23.9 Å². The Labute approximate surface area is 106 Å². The van der Waals surface area contributed by atoms with Crippen LogP contribution in [0.25, 0.3) is 0 Å². The summed E-state index contributed by atoms with van der Waals surface area (Å²) in [4.78, 5) is 18.9. The van der Waals surface area contributed by atoms with Crippen molar-refractivity contribution in [3.8, 4) is 0 Å². The second kappa shape index (κ2) is 5.30. The van der Waals surface area contributed by atoms with E-state index in [0.29, 0.717) is 11.6 Å². The van der Waals surface area contributed by atoms with Gasteiger partial charge in [0, 0.05) is 6.20 Å². The van der Waals surface area contributed by atoms with Gasteiger partial charge in [-0.1, -0.05) is 20.8 Å². The normalized spacial score (nSPS) is 13.2. The van der Waals surface area contributed by atoms with Gasteiger partial charge in [-0.15, -0.1) is 0 Å². The molecule has 0 aliphatic carbocycles. The third kappa shape index (κ3) is 3.40. The molecule has 18 heavy (non-hydrogen) atoms. The summed E-state index contributed by atoms with van der Waals surface area (Å²) in [5.41, 5.74) is 0.319. The van der Waals surface area contributed by atoms with Gasteiger partial charge in [0.1, 0.15) is 0 Å². The first-order valence-corrected chi connectivity index (χ1v) is 5.70. The summed E-state index contributed by atoms with van der Waals surface area (Å²) in [6, 6.07) is -0.201. The number of aryl methyl sites for hydroxylation is 1. The fourth-order valence-electron chi connectivity index (χ4n) is 1.44. The van der Waals surface area contributed by atoms with Crippen molar-refractivity contribution in [1.29, 1.82) is 0 Å². The predicted octanol–water partition coefficient (Wildman–Crippen LogP) is 1.30. The molecule has 0 aliphatic rings. The second-order valence-electron chi connectivity index (χ2n) is 5.24. The van der Waals surface area contributed by atoms with Gasteiger partial charge in [0.15, 0.2) is 0 Å². The molecule has 0 amide bonds. The highest BCUT2D eigenvalue weighted by Gasteiger charge is 2.24. The molecule has 0 radical (unpaired) electrons. The molecule has 0 bridgehead atoms. The van der Waals surface area contributed by atoms with Crippen LogP contribution in [0.4, 0.5) is 5.95 Å². The maximum absolute atomic E-state index is 10.8. The van der Waals surface area contributed by atoms with Crippen LogP contribution in [-0.2, 0) is 0 Å². The second-order valence-corrected chi connectivity index (χ2v) is 5.24. The molecule has 0 fully saturated rings. The van der Waals surface area contributed by atoms with Crippen molar-refractivity contribution in [3.63, 3.8) is 0 Å². The van der Waals surface area contributed by atoms with Gasteiger partial charge < -0.3 is 15.5 Å². The van der Waals surface area contributed by atoms with Crippen LogP contribution in [0.2, 0.25) is 0 Å². The third-order valence-corrected chi connectivity index (χ3v) is 2.74. The van der Waals surface area contributed by atoms with Gasteiger partial charge in [-0.05, 0) is 12.3 Å².